The van der Waals surface area contributed by atoms with Gasteiger partial charge in [0.2, 0.25) is 0 Å². The Labute approximate surface area is 94.0 Å². The van der Waals surface area contributed by atoms with Crippen molar-refractivity contribution in [1.29, 1.82) is 0 Å². The zero-order valence-corrected chi connectivity index (χ0v) is 10.4. The smallest absolute Gasteiger partial charge is 0.00276 e. The lowest BCUT2D eigenvalue weighted by atomic mass is 9.81. The number of allylic oxidation sites excluding steroid dienone is 5. The molecule has 0 heterocycles. The van der Waals surface area contributed by atoms with Crippen molar-refractivity contribution in [2.24, 2.45) is 11.3 Å². The standard InChI is InChI=1S/C14H23N/c1-12(11-15-4)9-13-7-5-6-8-14(2,3)10-13/h5-8,11,13,15H,9-10H2,1-4H3/b12-11-. The second-order valence-corrected chi connectivity index (χ2v) is 5.18. The Bertz CT molecular complexity index is 282. The van der Waals surface area contributed by atoms with E-state index in [-0.39, 0.29) is 0 Å². The molecule has 1 aliphatic carbocycles. The highest BCUT2D eigenvalue weighted by atomic mass is 14.8. The quantitative estimate of drug-likeness (QED) is 0.741. The number of rotatable bonds is 3. The summed E-state index contributed by atoms with van der Waals surface area (Å²) < 4.78 is 0. The third-order valence-corrected chi connectivity index (χ3v) is 2.80. The molecule has 1 rings (SSSR count). The van der Waals surface area contributed by atoms with Crippen LogP contribution in [0.3, 0.4) is 0 Å². The van der Waals surface area contributed by atoms with Gasteiger partial charge in [0, 0.05) is 7.05 Å². The van der Waals surface area contributed by atoms with E-state index in [1.54, 1.807) is 0 Å². The van der Waals surface area contributed by atoms with Crippen LogP contribution in [0.4, 0.5) is 0 Å². The minimum atomic E-state index is 0.327. The summed E-state index contributed by atoms with van der Waals surface area (Å²) in [6.07, 6.45) is 13.5. The zero-order valence-electron chi connectivity index (χ0n) is 10.4. The predicted octanol–water partition coefficient (Wildman–Crippen LogP) is 3.66. The van der Waals surface area contributed by atoms with Crippen LogP contribution in [-0.2, 0) is 0 Å². The second kappa shape index (κ2) is 5.20. The molecule has 0 spiro atoms. The van der Waals surface area contributed by atoms with Crippen molar-refractivity contribution in [3.63, 3.8) is 0 Å². The minimum absolute atomic E-state index is 0.327. The molecule has 0 radical (unpaired) electrons. The highest BCUT2D eigenvalue weighted by molar-refractivity contribution is 5.14. The van der Waals surface area contributed by atoms with Gasteiger partial charge in [0.1, 0.15) is 0 Å². The molecule has 0 fully saturated rings. The van der Waals surface area contributed by atoms with Gasteiger partial charge in [-0.15, -0.1) is 0 Å². The third kappa shape index (κ3) is 4.37. The van der Waals surface area contributed by atoms with Gasteiger partial charge < -0.3 is 5.32 Å². The molecule has 0 amide bonds. The molecule has 1 nitrogen and oxygen atoms in total. The van der Waals surface area contributed by atoms with E-state index in [1.807, 2.05) is 7.05 Å². The molecule has 15 heavy (non-hydrogen) atoms. The molecule has 0 bridgehead atoms. The first-order valence-electron chi connectivity index (χ1n) is 5.72. The van der Waals surface area contributed by atoms with Gasteiger partial charge >= 0.3 is 0 Å². The highest BCUT2D eigenvalue weighted by Gasteiger charge is 2.20. The lowest BCUT2D eigenvalue weighted by molar-refractivity contribution is 0.373. The van der Waals surface area contributed by atoms with Crippen LogP contribution in [0, 0.1) is 11.3 Å². The molecule has 0 aliphatic heterocycles. The molecule has 1 unspecified atom stereocenters. The fraction of sp³-hybridized carbons (Fsp3) is 0.571. The summed E-state index contributed by atoms with van der Waals surface area (Å²) in [7, 11) is 1.96. The van der Waals surface area contributed by atoms with E-state index < -0.39 is 0 Å². The van der Waals surface area contributed by atoms with Crippen molar-refractivity contribution in [2.75, 3.05) is 7.05 Å². The Morgan fingerprint density at radius 2 is 2.20 bits per heavy atom. The van der Waals surface area contributed by atoms with Crippen molar-refractivity contribution < 1.29 is 0 Å². The lowest BCUT2D eigenvalue weighted by Crippen LogP contribution is -2.13. The molecule has 0 aromatic rings. The van der Waals surface area contributed by atoms with Crippen LogP contribution >= 0.6 is 0 Å². The molecular formula is C14H23N. The predicted molar refractivity (Wildman–Crippen MR) is 67.6 cm³/mol. The van der Waals surface area contributed by atoms with E-state index in [4.69, 9.17) is 0 Å². The van der Waals surface area contributed by atoms with Crippen LogP contribution in [0.25, 0.3) is 0 Å². The van der Waals surface area contributed by atoms with Gasteiger partial charge in [-0.2, -0.15) is 0 Å². The Balaban J connectivity index is 2.60. The first-order chi connectivity index (χ1) is 7.03. The van der Waals surface area contributed by atoms with Gasteiger partial charge in [-0.1, -0.05) is 43.7 Å². The topological polar surface area (TPSA) is 12.0 Å². The Hall–Kier alpha value is -0.980. The van der Waals surface area contributed by atoms with Gasteiger partial charge in [0.05, 0.1) is 0 Å². The number of hydrogen-bond acceptors (Lipinski definition) is 1. The molecule has 1 aliphatic rings. The second-order valence-electron chi connectivity index (χ2n) is 5.18. The van der Waals surface area contributed by atoms with Gasteiger partial charge in [-0.05, 0) is 37.3 Å². The summed E-state index contributed by atoms with van der Waals surface area (Å²) in [5.74, 6) is 0.666. The SMILES string of the molecule is CN/C=C(/C)CC1C=CC=CC(C)(C)C1. The van der Waals surface area contributed by atoms with Crippen molar-refractivity contribution in [1.82, 2.24) is 5.32 Å². The van der Waals surface area contributed by atoms with Crippen LogP contribution in [0.5, 0.6) is 0 Å². The third-order valence-electron chi connectivity index (χ3n) is 2.80. The van der Waals surface area contributed by atoms with Crippen LogP contribution in [-0.4, -0.2) is 7.05 Å². The Kier molecular flexibility index (Phi) is 4.19. The van der Waals surface area contributed by atoms with E-state index >= 15 is 0 Å². The van der Waals surface area contributed by atoms with Crippen molar-refractivity contribution in [3.8, 4) is 0 Å². The molecular weight excluding hydrogens is 182 g/mol. The van der Waals surface area contributed by atoms with Gasteiger partial charge in [0.25, 0.3) is 0 Å². The normalized spacial score (nSPS) is 25.1. The van der Waals surface area contributed by atoms with Crippen molar-refractivity contribution >= 4 is 0 Å². The maximum absolute atomic E-state index is 3.09. The van der Waals surface area contributed by atoms with E-state index in [2.05, 4.69) is 56.6 Å². The summed E-state index contributed by atoms with van der Waals surface area (Å²) in [6.45, 7) is 6.80. The van der Waals surface area contributed by atoms with Gasteiger partial charge in [-0.3, -0.25) is 0 Å². The average Bonchev–Trinajstić information content (AvgIpc) is 2.26. The van der Waals surface area contributed by atoms with Crippen molar-refractivity contribution in [3.05, 3.63) is 36.1 Å². The molecule has 0 aromatic carbocycles. The molecule has 0 saturated carbocycles. The summed E-state index contributed by atoms with van der Waals surface area (Å²) in [4.78, 5) is 0. The fourth-order valence-electron chi connectivity index (χ4n) is 2.21. The lowest BCUT2D eigenvalue weighted by Gasteiger charge is -2.24. The summed E-state index contributed by atoms with van der Waals surface area (Å²) in [5, 5.41) is 3.09. The molecule has 1 heteroatoms. The molecule has 0 aromatic heterocycles. The summed E-state index contributed by atoms with van der Waals surface area (Å²) in [5.41, 5.74) is 1.75. The first-order valence-corrected chi connectivity index (χ1v) is 5.72. The average molecular weight is 205 g/mol. The largest absolute Gasteiger partial charge is 0.394 e. The van der Waals surface area contributed by atoms with Crippen LogP contribution in [0.1, 0.15) is 33.6 Å². The van der Waals surface area contributed by atoms with Crippen molar-refractivity contribution in [2.45, 2.75) is 33.6 Å². The van der Waals surface area contributed by atoms with Gasteiger partial charge in [-0.25, -0.2) is 0 Å². The molecule has 0 saturated heterocycles. The van der Waals surface area contributed by atoms with E-state index in [0.29, 0.717) is 11.3 Å². The van der Waals surface area contributed by atoms with Crippen LogP contribution < -0.4 is 5.32 Å². The Morgan fingerprint density at radius 1 is 1.47 bits per heavy atom. The molecule has 84 valence electrons. The number of hydrogen-bond donors (Lipinski definition) is 1. The van der Waals surface area contributed by atoms with E-state index in [0.717, 1.165) is 6.42 Å². The Morgan fingerprint density at radius 3 is 2.87 bits per heavy atom. The maximum atomic E-state index is 3.09. The highest BCUT2D eigenvalue weighted by Crippen LogP contribution is 2.32. The summed E-state index contributed by atoms with van der Waals surface area (Å²) in [6, 6.07) is 0. The number of nitrogens with one attached hydrogen (secondary N) is 1. The monoisotopic (exact) mass is 205 g/mol. The van der Waals surface area contributed by atoms with E-state index in [1.165, 1.54) is 12.0 Å². The molecule has 1 N–H and O–H groups in total. The zero-order chi connectivity index (χ0) is 11.3. The molecule has 1 atom stereocenters. The maximum Gasteiger partial charge on any atom is 0.00276 e. The van der Waals surface area contributed by atoms with Gasteiger partial charge in [0.15, 0.2) is 0 Å². The summed E-state index contributed by atoms with van der Waals surface area (Å²) >= 11 is 0. The van der Waals surface area contributed by atoms with E-state index in [9.17, 15) is 0 Å². The first kappa shape index (κ1) is 12.1. The fourth-order valence-corrected chi connectivity index (χ4v) is 2.21. The van der Waals surface area contributed by atoms with Crippen LogP contribution in [0.15, 0.2) is 36.1 Å². The minimum Gasteiger partial charge on any atom is -0.394 e. The van der Waals surface area contributed by atoms with Crippen LogP contribution in [0.2, 0.25) is 0 Å².